The van der Waals surface area contributed by atoms with Crippen LogP contribution in [-0.2, 0) is 4.79 Å². The molecule has 2 aromatic carbocycles. The third-order valence-corrected chi connectivity index (χ3v) is 2.59. The highest BCUT2D eigenvalue weighted by Gasteiger charge is 2.17. The van der Waals surface area contributed by atoms with Crippen molar-refractivity contribution in [3.8, 4) is 17.2 Å². The molecule has 0 aliphatic rings. The lowest BCUT2D eigenvalue weighted by Crippen LogP contribution is -2.04. The number of fused-ring (bicyclic) bond motifs is 1. The van der Waals surface area contributed by atoms with Crippen LogP contribution in [0.1, 0.15) is 6.92 Å². The van der Waals surface area contributed by atoms with Crippen LogP contribution in [0, 0.1) is 0 Å². The Labute approximate surface area is 105 Å². The second kappa shape index (κ2) is 4.96. The summed E-state index contributed by atoms with van der Waals surface area (Å²) in [6.45, 7) is 1.35. The summed E-state index contributed by atoms with van der Waals surface area (Å²) in [5.74, 6) is 0.950. The molecule has 94 valence electrons. The first-order valence-corrected chi connectivity index (χ1v) is 5.49. The number of rotatable bonds is 3. The molecular weight excluding hydrogens is 232 g/mol. The molecule has 0 heterocycles. The summed E-state index contributed by atoms with van der Waals surface area (Å²) >= 11 is 0. The SMILES string of the molecule is COc1cc2ccccc2c(OC(C)=O)c1OC. The first-order chi connectivity index (χ1) is 8.67. The van der Waals surface area contributed by atoms with Crippen molar-refractivity contribution in [2.45, 2.75) is 6.92 Å². The van der Waals surface area contributed by atoms with Gasteiger partial charge in [0.15, 0.2) is 11.5 Å². The van der Waals surface area contributed by atoms with E-state index in [0.29, 0.717) is 17.2 Å². The largest absolute Gasteiger partial charge is 0.493 e. The molecule has 0 N–H and O–H groups in total. The molecule has 0 aliphatic carbocycles. The normalized spacial score (nSPS) is 10.2. The van der Waals surface area contributed by atoms with Crippen molar-refractivity contribution in [3.63, 3.8) is 0 Å². The number of benzene rings is 2. The Morgan fingerprint density at radius 1 is 1.06 bits per heavy atom. The smallest absolute Gasteiger partial charge is 0.308 e. The lowest BCUT2D eigenvalue weighted by molar-refractivity contribution is -0.131. The predicted octanol–water partition coefficient (Wildman–Crippen LogP) is 2.78. The molecule has 0 unspecified atom stereocenters. The maximum absolute atomic E-state index is 11.2. The van der Waals surface area contributed by atoms with Crippen LogP contribution in [0.25, 0.3) is 10.8 Å². The van der Waals surface area contributed by atoms with Crippen molar-refractivity contribution in [3.05, 3.63) is 30.3 Å². The number of ether oxygens (including phenoxy) is 3. The van der Waals surface area contributed by atoms with Gasteiger partial charge in [0.05, 0.1) is 14.2 Å². The summed E-state index contributed by atoms with van der Waals surface area (Å²) in [6, 6.07) is 9.42. The molecule has 0 bridgehead atoms. The van der Waals surface area contributed by atoms with Crippen LogP contribution < -0.4 is 14.2 Å². The van der Waals surface area contributed by atoms with E-state index >= 15 is 0 Å². The van der Waals surface area contributed by atoms with Gasteiger partial charge in [-0.2, -0.15) is 0 Å². The van der Waals surface area contributed by atoms with Gasteiger partial charge in [-0.3, -0.25) is 4.79 Å². The van der Waals surface area contributed by atoms with Crippen molar-refractivity contribution in [2.24, 2.45) is 0 Å². The molecule has 0 atom stereocenters. The Morgan fingerprint density at radius 3 is 2.39 bits per heavy atom. The molecule has 4 nitrogen and oxygen atoms in total. The zero-order chi connectivity index (χ0) is 13.1. The van der Waals surface area contributed by atoms with Gasteiger partial charge >= 0.3 is 5.97 Å². The van der Waals surface area contributed by atoms with Crippen molar-refractivity contribution in [2.75, 3.05) is 14.2 Å². The van der Waals surface area contributed by atoms with Gasteiger partial charge in [-0.1, -0.05) is 24.3 Å². The minimum absolute atomic E-state index is 0.389. The molecule has 0 aliphatic heterocycles. The monoisotopic (exact) mass is 246 g/mol. The fourth-order valence-corrected chi connectivity index (χ4v) is 1.86. The van der Waals surface area contributed by atoms with Gasteiger partial charge in [0.2, 0.25) is 5.75 Å². The standard InChI is InChI=1S/C14H14O4/c1-9(15)18-13-11-7-5-4-6-10(11)8-12(16-2)14(13)17-3/h4-8H,1-3H3. The van der Waals surface area contributed by atoms with Gasteiger partial charge in [0.1, 0.15) is 0 Å². The van der Waals surface area contributed by atoms with E-state index in [2.05, 4.69) is 0 Å². The summed E-state index contributed by atoms with van der Waals surface area (Å²) in [5.41, 5.74) is 0. The van der Waals surface area contributed by atoms with E-state index in [1.54, 1.807) is 7.11 Å². The predicted molar refractivity (Wildman–Crippen MR) is 68.4 cm³/mol. The molecule has 0 saturated carbocycles. The Balaban J connectivity index is 2.77. The molecule has 0 amide bonds. The van der Waals surface area contributed by atoms with Crippen molar-refractivity contribution in [1.82, 2.24) is 0 Å². The molecule has 0 radical (unpaired) electrons. The van der Waals surface area contributed by atoms with Crippen LogP contribution in [0.3, 0.4) is 0 Å². The minimum atomic E-state index is -0.397. The van der Waals surface area contributed by atoms with Crippen LogP contribution >= 0.6 is 0 Å². The minimum Gasteiger partial charge on any atom is -0.493 e. The van der Waals surface area contributed by atoms with Crippen LogP contribution in [-0.4, -0.2) is 20.2 Å². The summed E-state index contributed by atoms with van der Waals surface area (Å²) in [7, 11) is 3.06. The van der Waals surface area contributed by atoms with E-state index in [1.165, 1.54) is 14.0 Å². The molecule has 0 fully saturated rings. The Morgan fingerprint density at radius 2 is 1.78 bits per heavy atom. The highest BCUT2D eigenvalue weighted by atomic mass is 16.6. The van der Waals surface area contributed by atoms with E-state index < -0.39 is 5.97 Å². The lowest BCUT2D eigenvalue weighted by atomic mass is 10.1. The number of hydrogen-bond acceptors (Lipinski definition) is 4. The average molecular weight is 246 g/mol. The molecule has 0 spiro atoms. The highest BCUT2D eigenvalue weighted by molar-refractivity contribution is 5.94. The fraction of sp³-hybridized carbons (Fsp3) is 0.214. The van der Waals surface area contributed by atoms with Gasteiger partial charge < -0.3 is 14.2 Å². The second-order valence-corrected chi connectivity index (χ2v) is 3.76. The van der Waals surface area contributed by atoms with Crippen LogP contribution in [0.5, 0.6) is 17.2 Å². The summed E-state index contributed by atoms with van der Waals surface area (Å²) in [4.78, 5) is 11.2. The fourth-order valence-electron chi connectivity index (χ4n) is 1.86. The highest BCUT2D eigenvalue weighted by Crippen LogP contribution is 2.43. The zero-order valence-corrected chi connectivity index (χ0v) is 10.5. The van der Waals surface area contributed by atoms with E-state index in [4.69, 9.17) is 14.2 Å². The average Bonchev–Trinajstić information content (AvgIpc) is 2.37. The topological polar surface area (TPSA) is 44.8 Å². The van der Waals surface area contributed by atoms with Crippen LogP contribution in [0.4, 0.5) is 0 Å². The molecule has 0 aromatic heterocycles. The number of esters is 1. The van der Waals surface area contributed by atoms with Crippen molar-refractivity contribution < 1.29 is 19.0 Å². The quantitative estimate of drug-likeness (QED) is 0.617. The molecular formula is C14H14O4. The third kappa shape index (κ3) is 2.09. The number of carbonyl (C=O) groups excluding carboxylic acids is 1. The summed E-state index contributed by atoms with van der Waals surface area (Å²) in [5, 5.41) is 1.73. The molecule has 4 heteroatoms. The molecule has 2 rings (SSSR count). The van der Waals surface area contributed by atoms with Gasteiger partial charge in [0.25, 0.3) is 0 Å². The Hall–Kier alpha value is -2.23. The van der Waals surface area contributed by atoms with Gasteiger partial charge in [-0.05, 0) is 11.5 Å². The van der Waals surface area contributed by atoms with Gasteiger partial charge in [0, 0.05) is 12.3 Å². The maximum Gasteiger partial charge on any atom is 0.308 e. The Kier molecular flexibility index (Phi) is 3.37. The lowest BCUT2D eigenvalue weighted by Gasteiger charge is -2.14. The zero-order valence-electron chi connectivity index (χ0n) is 10.5. The third-order valence-electron chi connectivity index (χ3n) is 2.59. The number of methoxy groups -OCH3 is 2. The maximum atomic E-state index is 11.2. The second-order valence-electron chi connectivity index (χ2n) is 3.76. The molecule has 2 aromatic rings. The van der Waals surface area contributed by atoms with E-state index in [9.17, 15) is 4.79 Å². The molecule has 0 saturated heterocycles. The van der Waals surface area contributed by atoms with Crippen molar-refractivity contribution >= 4 is 16.7 Å². The Bertz CT molecular complexity index is 590. The van der Waals surface area contributed by atoms with E-state index in [0.717, 1.165) is 10.8 Å². The van der Waals surface area contributed by atoms with Crippen molar-refractivity contribution in [1.29, 1.82) is 0 Å². The first kappa shape index (κ1) is 12.2. The van der Waals surface area contributed by atoms with E-state index in [1.807, 2.05) is 30.3 Å². The van der Waals surface area contributed by atoms with Gasteiger partial charge in [-0.25, -0.2) is 0 Å². The summed E-state index contributed by atoms with van der Waals surface area (Å²) in [6.07, 6.45) is 0. The first-order valence-electron chi connectivity index (χ1n) is 5.49. The van der Waals surface area contributed by atoms with Gasteiger partial charge in [-0.15, -0.1) is 0 Å². The van der Waals surface area contributed by atoms with E-state index in [-0.39, 0.29) is 0 Å². The number of hydrogen-bond donors (Lipinski definition) is 0. The summed E-state index contributed by atoms with van der Waals surface area (Å²) < 4.78 is 15.8. The van der Waals surface area contributed by atoms with Crippen LogP contribution in [0.15, 0.2) is 30.3 Å². The molecule has 18 heavy (non-hydrogen) atoms. The van der Waals surface area contributed by atoms with Crippen LogP contribution in [0.2, 0.25) is 0 Å². The number of carbonyl (C=O) groups is 1.